The number of unbranched alkanes of at least 4 members (excludes halogenated alkanes) is 1. The zero-order valence-electron chi connectivity index (χ0n) is 19.9. The zero-order chi connectivity index (χ0) is 23.2. The molecule has 5 heteroatoms. The van der Waals surface area contributed by atoms with Gasteiger partial charge in [0.05, 0.1) is 0 Å². The van der Waals surface area contributed by atoms with Gasteiger partial charge in [-0.1, -0.05) is 64.2 Å². The van der Waals surface area contributed by atoms with Crippen LogP contribution in [0, 0.1) is 35.3 Å². The quantitative estimate of drug-likeness (QED) is 0.259. The predicted molar refractivity (Wildman–Crippen MR) is 124 cm³/mol. The van der Waals surface area contributed by atoms with Crippen molar-refractivity contribution in [2.45, 2.75) is 115 Å². The molecule has 3 fully saturated rings. The minimum atomic E-state index is -3.23. The summed E-state index contributed by atoms with van der Waals surface area (Å²) < 4.78 is 57.0. The van der Waals surface area contributed by atoms with Gasteiger partial charge in [0, 0.05) is 0 Å². The van der Waals surface area contributed by atoms with Gasteiger partial charge in [-0.3, -0.25) is 0 Å². The average Bonchev–Trinajstić information content (AvgIpc) is 3.33. The maximum absolute atomic E-state index is 14.1. The molecule has 0 bridgehead atoms. The Morgan fingerprint density at radius 1 is 0.697 bits per heavy atom. The molecule has 1 aromatic rings. The highest BCUT2D eigenvalue weighted by molar-refractivity contribution is 5.33. The standard InChI is InChI=1S/C28H40F4O/c29-25-17-24(18-26(30)27(25)33-28(31)32)23-15-13-22(14-16-23)21-11-9-20(10-12-21)8-4-3-7-19-5-1-2-6-19/h17-23,28H,1-16H2. The molecule has 1 nitrogen and oxygen atoms in total. The van der Waals surface area contributed by atoms with E-state index in [1.165, 1.54) is 89.2 Å². The summed E-state index contributed by atoms with van der Waals surface area (Å²) in [5.41, 5.74) is 0.575. The molecule has 3 aliphatic carbocycles. The lowest BCUT2D eigenvalue weighted by atomic mass is 9.68. The number of halogens is 4. The molecule has 4 rings (SSSR count). The Morgan fingerprint density at radius 3 is 1.70 bits per heavy atom. The minimum absolute atomic E-state index is 0.0991. The second-order valence-corrected chi connectivity index (χ2v) is 11.0. The van der Waals surface area contributed by atoms with Crippen LogP contribution in [0.3, 0.4) is 0 Å². The molecule has 0 atom stereocenters. The number of ether oxygens (including phenoxy) is 1. The zero-order valence-corrected chi connectivity index (χ0v) is 19.9. The van der Waals surface area contributed by atoms with Gasteiger partial charge in [-0.2, -0.15) is 8.78 Å². The van der Waals surface area contributed by atoms with E-state index in [1.54, 1.807) is 0 Å². The highest BCUT2D eigenvalue weighted by Gasteiger charge is 2.32. The summed E-state index contributed by atoms with van der Waals surface area (Å²) in [6.45, 7) is -3.23. The number of hydrogen-bond donors (Lipinski definition) is 0. The maximum Gasteiger partial charge on any atom is 0.387 e. The Morgan fingerprint density at radius 2 is 1.18 bits per heavy atom. The molecule has 0 spiro atoms. The Balaban J connectivity index is 1.17. The lowest BCUT2D eigenvalue weighted by Crippen LogP contribution is -2.25. The molecule has 0 N–H and O–H groups in total. The van der Waals surface area contributed by atoms with Gasteiger partial charge in [-0.15, -0.1) is 0 Å². The van der Waals surface area contributed by atoms with Gasteiger partial charge in [-0.25, -0.2) is 8.78 Å². The summed E-state index contributed by atoms with van der Waals surface area (Å²) in [7, 11) is 0. The first-order chi connectivity index (χ1) is 16.0. The number of rotatable bonds is 9. The van der Waals surface area contributed by atoms with E-state index in [9.17, 15) is 17.6 Å². The van der Waals surface area contributed by atoms with E-state index in [0.717, 1.165) is 49.4 Å². The predicted octanol–water partition coefficient (Wildman–Crippen LogP) is 9.40. The molecule has 0 amide bonds. The highest BCUT2D eigenvalue weighted by atomic mass is 19.3. The Hall–Kier alpha value is -1.26. The smallest absolute Gasteiger partial charge is 0.387 e. The Bertz CT molecular complexity index is 706. The van der Waals surface area contributed by atoms with E-state index < -0.39 is 24.0 Å². The Kier molecular flexibility index (Phi) is 8.98. The van der Waals surface area contributed by atoms with E-state index in [-0.39, 0.29) is 5.92 Å². The second-order valence-electron chi connectivity index (χ2n) is 11.0. The molecule has 186 valence electrons. The lowest BCUT2D eigenvalue weighted by molar-refractivity contribution is -0.0546. The van der Waals surface area contributed by atoms with Crippen molar-refractivity contribution < 1.29 is 22.3 Å². The maximum atomic E-state index is 14.1. The summed E-state index contributed by atoms with van der Waals surface area (Å²) >= 11 is 0. The molecule has 0 aromatic heterocycles. The van der Waals surface area contributed by atoms with Crippen LogP contribution in [0.5, 0.6) is 5.75 Å². The molecular formula is C28H40F4O. The molecule has 0 radical (unpaired) electrons. The SMILES string of the molecule is Fc1cc(C2CCC(C3CCC(CCCCC4CCCC4)CC3)CC2)cc(F)c1OC(F)F. The fourth-order valence-corrected chi connectivity index (χ4v) is 7.05. The fourth-order valence-electron chi connectivity index (χ4n) is 7.05. The first-order valence-corrected chi connectivity index (χ1v) is 13.4. The molecule has 0 heterocycles. The van der Waals surface area contributed by atoms with Crippen LogP contribution in [0.2, 0.25) is 0 Å². The van der Waals surface area contributed by atoms with Gasteiger partial charge in [0.1, 0.15) is 0 Å². The molecule has 0 unspecified atom stereocenters. The fraction of sp³-hybridized carbons (Fsp3) is 0.786. The van der Waals surface area contributed by atoms with Crippen molar-refractivity contribution in [1.29, 1.82) is 0 Å². The molecular weight excluding hydrogens is 428 g/mol. The highest BCUT2D eigenvalue weighted by Crippen LogP contribution is 2.45. The van der Waals surface area contributed by atoms with Crippen molar-refractivity contribution in [3.8, 4) is 5.75 Å². The topological polar surface area (TPSA) is 9.23 Å². The largest absolute Gasteiger partial charge is 0.429 e. The van der Waals surface area contributed by atoms with Gasteiger partial charge >= 0.3 is 6.61 Å². The van der Waals surface area contributed by atoms with Crippen LogP contribution in [0.1, 0.15) is 114 Å². The van der Waals surface area contributed by atoms with Crippen LogP contribution in [0.25, 0.3) is 0 Å². The van der Waals surface area contributed by atoms with Crippen LogP contribution in [0.15, 0.2) is 12.1 Å². The van der Waals surface area contributed by atoms with Crippen LogP contribution in [-0.4, -0.2) is 6.61 Å². The summed E-state index contributed by atoms with van der Waals surface area (Å²) in [5.74, 6) is 0.522. The first kappa shape index (κ1) is 24.9. The van der Waals surface area contributed by atoms with Crippen molar-refractivity contribution in [2.24, 2.45) is 23.7 Å². The first-order valence-electron chi connectivity index (χ1n) is 13.4. The van der Waals surface area contributed by atoms with Gasteiger partial charge in [-0.05, 0) is 85.8 Å². The van der Waals surface area contributed by atoms with Crippen LogP contribution in [0.4, 0.5) is 17.6 Å². The molecule has 1 aromatic carbocycles. The number of alkyl halides is 2. The molecule has 0 aliphatic heterocycles. The van der Waals surface area contributed by atoms with Gasteiger partial charge in [0.25, 0.3) is 0 Å². The third kappa shape index (κ3) is 6.88. The molecule has 33 heavy (non-hydrogen) atoms. The van der Waals surface area contributed by atoms with E-state index in [4.69, 9.17) is 0 Å². The van der Waals surface area contributed by atoms with Gasteiger partial charge < -0.3 is 4.74 Å². The van der Waals surface area contributed by atoms with E-state index in [1.807, 2.05) is 0 Å². The number of hydrogen-bond acceptors (Lipinski definition) is 1. The van der Waals surface area contributed by atoms with Crippen molar-refractivity contribution >= 4 is 0 Å². The minimum Gasteiger partial charge on any atom is -0.429 e. The van der Waals surface area contributed by atoms with Crippen molar-refractivity contribution in [3.05, 3.63) is 29.3 Å². The van der Waals surface area contributed by atoms with Crippen molar-refractivity contribution in [2.75, 3.05) is 0 Å². The lowest BCUT2D eigenvalue weighted by Gasteiger charge is -2.38. The van der Waals surface area contributed by atoms with E-state index in [2.05, 4.69) is 4.74 Å². The number of benzene rings is 1. The monoisotopic (exact) mass is 468 g/mol. The van der Waals surface area contributed by atoms with Crippen LogP contribution >= 0.6 is 0 Å². The molecule has 3 saturated carbocycles. The summed E-state index contributed by atoms with van der Waals surface area (Å²) in [6.07, 6.45) is 21.0. The van der Waals surface area contributed by atoms with Crippen molar-refractivity contribution in [3.63, 3.8) is 0 Å². The van der Waals surface area contributed by atoms with Gasteiger partial charge in [0.2, 0.25) is 0 Å². The third-order valence-corrected chi connectivity index (χ3v) is 8.98. The molecule has 0 saturated heterocycles. The summed E-state index contributed by atoms with van der Waals surface area (Å²) in [4.78, 5) is 0. The van der Waals surface area contributed by atoms with Crippen LogP contribution < -0.4 is 4.74 Å². The summed E-state index contributed by atoms with van der Waals surface area (Å²) in [5, 5.41) is 0. The van der Waals surface area contributed by atoms with Crippen molar-refractivity contribution in [1.82, 2.24) is 0 Å². The average molecular weight is 469 g/mol. The van der Waals surface area contributed by atoms with Crippen LogP contribution in [-0.2, 0) is 0 Å². The van der Waals surface area contributed by atoms with E-state index in [0.29, 0.717) is 5.56 Å². The summed E-state index contributed by atoms with van der Waals surface area (Å²) in [6, 6.07) is 2.37. The van der Waals surface area contributed by atoms with E-state index >= 15 is 0 Å². The van der Waals surface area contributed by atoms with Gasteiger partial charge in [0.15, 0.2) is 17.4 Å². The normalized spacial score (nSPS) is 29.0. The Labute approximate surface area is 196 Å². The molecule has 3 aliphatic rings. The second kappa shape index (κ2) is 11.9. The third-order valence-electron chi connectivity index (χ3n) is 8.98.